The van der Waals surface area contributed by atoms with Crippen LogP contribution in [0.1, 0.15) is 24.7 Å². The summed E-state index contributed by atoms with van der Waals surface area (Å²) >= 11 is 0. The number of hydrogen-bond donors (Lipinski definition) is 1. The number of likely N-dealkylation sites (tertiary alicyclic amines) is 1. The van der Waals surface area contributed by atoms with Crippen LogP contribution in [0.2, 0.25) is 0 Å². The zero-order valence-corrected chi connectivity index (χ0v) is 12.9. The third kappa shape index (κ3) is 3.22. The molecule has 2 heterocycles. The van der Waals surface area contributed by atoms with Gasteiger partial charge in [-0.05, 0) is 6.07 Å². The fourth-order valence-corrected chi connectivity index (χ4v) is 3.31. The summed E-state index contributed by atoms with van der Waals surface area (Å²) in [5, 5.41) is 10.0. The van der Waals surface area contributed by atoms with E-state index in [1.165, 1.54) is 4.90 Å². The Morgan fingerprint density at radius 2 is 2.17 bits per heavy atom. The van der Waals surface area contributed by atoms with Crippen LogP contribution in [0.15, 0.2) is 28.7 Å². The average molecular weight is 323 g/mol. The molecule has 1 unspecified atom stereocenters. The Balaban J connectivity index is 1.90. The Bertz CT molecular complexity index is 726. The molecule has 1 aliphatic heterocycles. The van der Waals surface area contributed by atoms with Gasteiger partial charge in [0.25, 0.3) is 5.92 Å². The van der Waals surface area contributed by atoms with E-state index in [-0.39, 0.29) is 13.1 Å². The van der Waals surface area contributed by atoms with Crippen LogP contribution in [0.3, 0.4) is 0 Å². The zero-order valence-electron chi connectivity index (χ0n) is 12.9. The number of hydrogen-bond acceptors (Lipinski definition) is 3. The van der Waals surface area contributed by atoms with Crippen molar-refractivity contribution in [3.63, 3.8) is 0 Å². The van der Waals surface area contributed by atoms with E-state index in [4.69, 9.17) is 9.52 Å². The Labute approximate surface area is 132 Å². The first kappa shape index (κ1) is 15.9. The Hall–Kier alpha value is -1.95. The number of aliphatic carboxylic acids is 1. The molecular weight excluding hydrogens is 304 g/mol. The highest BCUT2D eigenvalue weighted by molar-refractivity contribution is 5.82. The molecule has 4 nitrogen and oxygen atoms in total. The first-order valence-corrected chi connectivity index (χ1v) is 7.72. The van der Waals surface area contributed by atoms with E-state index in [2.05, 4.69) is 0 Å². The van der Waals surface area contributed by atoms with Crippen LogP contribution in [-0.4, -0.2) is 35.0 Å². The molecule has 23 heavy (non-hydrogen) atoms. The third-order valence-corrected chi connectivity index (χ3v) is 4.31. The van der Waals surface area contributed by atoms with Crippen LogP contribution in [0, 0.1) is 5.92 Å². The van der Waals surface area contributed by atoms with Gasteiger partial charge in [-0.1, -0.05) is 25.1 Å². The van der Waals surface area contributed by atoms with Gasteiger partial charge in [0.05, 0.1) is 12.5 Å². The molecular formula is C17H19F2NO3. The number of nitrogens with zero attached hydrogens (tertiary/aromatic N) is 1. The molecule has 3 rings (SSSR count). The van der Waals surface area contributed by atoms with Gasteiger partial charge in [0, 0.05) is 36.9 Å². The van der Waals surface area contributed by atoms with Gasteiger partial charge in [-0.25, -0.2) is 8.78 Å². The van der Waals surface area contributed by atoms with E-state index >= 15 is 0 Å². The number of piperidine rings is 1. The van der Waals surface area contributed by atoms with E-state index in [1.54, 1.807) is 0 Å². The fourth-order valence-electron chi connectivity index (χ4n) is 3.31. The smallest absolute Gasteiger partial charge is 0.308 e. The number of carbonyl (C=O) groups is 1. The number of benzene rings is 1. The molecule has 1 aliphatic rings. The van der Waals surface area contributed by atoms with Crippen LogP contribution in [0.4, 0.5) is 8.78 Å². The zero-order chi connectivity index (χ0) is 16.6. The number of halogens is 2. The minimum Gasteiger partial charge on any atom is -0.481 e. The molecule has 0 bridgehead atoms. The first-order valence-electron chi connectivity index (χ1n) is 7.72. The number of alkyl halides is 2. The van der Waals surface area contributed by atoms with Gasteiger partial charge < -0.3 is 9.52 Å². The van der Waals surface area contributed by atoms with Crippen molar-refractivity contribution in [1.29, 1.82) is 0 Å². The van der Waals surface area contributed by atoms with Crippen molar-refractivity contribution in [1.82, 2.24) is 4.90 Å². The molecule has 1 fully saturated rings. The summed E-state index contributed by atoms with van der Waals surface area (Å²) in [6, 6.07) is 7.50. The van der Waals surface area contributed by atoms with Gasteiger partial charge in [0.15, 0.2) is 0 Å². The maximum atomic E-state index is 13.9. The third-order valence-electron chi connectivity index (χ3n) is 4.31. The highest BCUT2D eigenvalue weighted by atomic mass is 19.3. The SMILES string of the molecule is CCc1oc2ccccc2c1CN1CC(C(=O)O)CC(F)(F)C1. The number of para-hydroxylation sites is 1. The Morgan fingerprint density at radius 1 is 1.43 bits per heavy atom. The number of carboxylic acid groups (broad SMARTS) is 1. The van der Waals surface area contributed by atoms with Gasteiger partial charge in [-0.3, -0.25) is 9.69 Å². The predicted octanol–water partition coefficient (Wildman–Crippen LogP) is 3.54. The van der Waals surface area contributed by atoms with Gasteiger partial charge >= 0.3 is 5.97 Å². The van der Waals surface area contributed by atoms with E-state index in [0.29, 0.717) is 6.42 Å². The highest BCUT2D eigenvalue weighted by Gasteiger charge is 2.43. The molecule has 0 amide bonds. The molecule has 1 saturated heterocycles. The molecule has 1 N–H and O–H groups in total. The minimum atomic E-state index is -2.98. The second kappa shape index (κ2) is 5.92. The van der Waals surface area contributed by atoms with Crippen molar-refractivity contribution in [2.45, 2.75) is 32.2 Å². The van der Waals surface area contributed by atoms with Gasteiger partial charge in [0.1, 0.15) is 11.3 Å². The summed E-state index contributed by atoms with van der Waals surface area (Å²) in [6.07, 6.45) is 0.0716. The van der Waals surface area contributed by atoms with Crippen LogP contribution in [0.5, 0.6) is 0 Å². The normalized spacial score (nSPS) is 21.6. The van der Waals surface area contributed by atoms with Crippen LogP contribution in [0.25, 0.3) is 11.0 Å². The van der Waals surface area contributed by atoms with E-state index in [1.807, 2.05) is 31.2 Å². The largest absolute Gasteiger partial charge is 0.481 e. The molecule has 0 saturated carbocycles. The van der Waals surface area contributed by atoms with Gasteiger partial charge in [0.2, 0.25) is 0 Å². The van der Waals surface area contributed by atoms with Crippen molar-refractivity contribution in [3.05, 3.63) is 35.6 Å². The number of rotatable bonds is 4. The van der Waals surface area contributed by atoms with Crippen molar-refractivity contribution in [2.75, 3.05) is 13.1 Å². The molecule has 1 aromatic heterocycles. The van der Waals surface area contributed by atoms with Crippen LogP contribution < -0.4 is 0 Å². The summed E-state index contributed by atoms with van der Waals surface area (Å²) in [5.74, 6) is -4.41. The van der Waals surface area contributed by atoms with Crippen molar-refractivity contribution in [2.24, 2.45) is 5.92 Å². The standard InChI is InChI=1S/C17H19F2NO3/c1-2-14-13(12-5-3-4-6-15(12)23-14)9-20-8-11(16(21)22)7-17(18,19)10-20/h3-6,11H,2,7-10H2,1H3,(H,21,22). The summed E-state index contributed by atoms with van der Waals surface area (Å²) in [6.45, 7) is 1.94. The highest BCUT2D eigenvalue weighted by Crippen LogP contribution is 2.34. The minimum absolute atomic E-state index is 0.133. The monoisotopic (exact) mass is 323 g/mol. The number of carboxylic acids is 1. The Kier molecular flexibility index (Phi) is 4.10. The molecule has 124 valence electrons. The van der Waals surface area contributed by atoms with Crippen LogP contribution >= 0.6 is 0 Å². The second-order valence-electron chi connectivity index (χ2n) is 6.12. The summed E-state index contributed by atoms with van der Waals surface area (Å²) in [4.78, 5) is 12.7. The number of furan rings is 1. The first-order chi connectivity index (χ1) is 10.9. The van der Waals surface area contributed by atoms with E-state index in [9.17, 15) is 13.6 Å². The molecule has 0 aliphatic carbocycles. The maximum absolute atomic E-state index is 13.9. The molecule has 0 spiro atoms. The molecule has 1 aromatic carbocycles. The summed E-state index contributed by atoms with van der Waals surface area (Å²) in [7, 11) is 0. The van der Waals surface area contributed by atoms with Gasteiger partial charge in [-0.15, -0.1) is 0 Å². The fraction of sp³-hybridized carbons (Fsp3) is 0.471. The summed E-state index contributed by atoms with van der Waals surface area (Å²) in [5.41, 5.74) is 1.61. The van der Waals surface area contributed by atoms with Gasteiger partial charge in [-0.2, -0.15) is 0 Å². The lowest BCUT2D eigenvalue weighted by molar-refractivity contribution is -0.153. The number of aryl methyl sites for hydroxylation is 1. The van der Waals surface area contributed by atoms with Crippen molar-refractivity contribution in [3.8, 4) is 0 Å². The lowest BCUT2D eigenvalue weighted by Crippen LogP contribution is -2.48. The quantitative estimate of drug-likeness (QED) is 0.935. The number of fused-ring (bicyclic) bond motifs is 1. The summed E-state index contributed by atoms with van der Waals surface area (Å²) < 4.78 is 33.5. The molecule has 2 aromatic rings. The Morgan fingerprint density at radius 3 is 2.87 bits per heavy atom. The second-order valence-corrected chi connectivity index (χ2v) is 6.12. The average Bonchev–Trinajstić information content (AvgIpc) is 2.84. The predicted molar refractivity (Wildman–Crippen MR) is 81.6 cm³/mol. The van der Waals surface area contributed by atoms with E-state index < -0.39 is 30.8 Å². The maximum Gasteiger partial charge on any atom is 0.308 e. The molecule has 6 heteroatoms. The lowest BCUT2D eigenvalue weighted by atomic mass is 9.94. The topological polar surface area (TPSA) is 53.7 Å². The molecule has 0 radical (unpaired) electrons. The van der Waals surface area contributed by atoms with Crippen molar-refractivity contribution < 1.29 is 23.1 Å². The van der Waals surface area contributed by atoms with E-state index in [0.717, 1.165) is 22.3 Å². The van der Waals surface area contributed by atoms with Crippen LogP contribution in [-0.2, 0) is 17.8 Å². The van der Waals surface area contributed by atoms with Crippen molar-refractivity contribution >= 4 is 16.9 Å². The lowest BCUT2D eigenvalue weighted by Gasteiger charge is -2.35. The molecule has 1 atom stereocenters.